The smallest absolute Gasteiger partial charge is 0.241 e. The Balaban J connectivity index is 1.98. The van der Waals surface area contributed by atoms with Crippen LogP contribution in [0.2, 0.25) is 0 Å². The molecule has 0 aliphatic carbocycles. The van der Waals surface area contributed by atoms with E-state index < -0.39 is 16.1 Å². The highest BCUT2D eigenvalue weighted by Gasteiger charge is 2.37. The molecule has 0 radical (unpaired) electrons. The van der Waals surface area contributed by atoms with Crippen molar-refractivity contribution in [2.24, 2.45) is 0 Å². The third-order valence-corrected chi connectivity index (χ3v) is 5.97. The molecule has 134 valence electrons. The second-order valence-electron chi connectivity index (χ2n) is 6.40. The van der Waals surface area contributed by atoms with E-state index >= 15 is 0 Å². The molecule has 23 heavy (non-hydrogen) atoms. The van der Waals surface area contributed by atoms with Gasteiger partial charge in [-0.25, -0.2) is 8.42 Å². The number of amides is 1. The molecule has 2 aliphatic heterocycles. The highest BCUT2D eigenvalue weighted by Crippen LogP contribution is 2.22. The van der Waals surface area contributed by atoms with Crippen LogP contribution in [0.15, 0.2) is 0 Å². The molecule has 0 aromatic rings. The van der Waals surface area contributed by atoms with E-state index in [1.165, 1.54) is 10.6 Å². The molecule has 0 saturated carbocycles. The molecule has 7 nitrogen and oxygen atoms in total. The number of rotatable bonds is 5. The van der Waals surface area contributed by atoms with Gasteiger partial charge in [-0.2, -0.15) is 4.31 Å². The summed E-state index contributed by atoms with van der Waals surface area (Å²) in [4.78, 5) is 17.0. The fraction of sp³-hybridized carbons (Fsp3) is 0.933. The zero-order valence-electron chi connectivity index (χ0n) is 14.2. The van der Waals surface area contributed by atoms with Gasteiger partial charge in [-0.3, -0.25) is 9.69 Å². The van der Waals surface area contributed by atoms with Crippen molar-refractivity contribution >= 4 is 15.9 Å². The van der Waals surface area contributed by atoms with E-state index in [0.717, 1.165) is 38.9 Å². The van der Waals surface area contributed by atoms with Crippen molar-refractivity contribution in [2.45, 2.75) is 31.7 Å². The summed E-state index contributed by atoms with van der Waals surface area (Å²) in [5.41, 5.74) is 0. The summed E-state index contributed by atoms with van der Waals surface area (Å²) < 4.78 is 30.4. The van der Waals surface area contributed by atoms with Crippen LogP contribution in [-0.4, -0.2) is 93.7 Å². The summed E-state index contributed by atoms with van der Waals surface area (Å²) >= 11 is 0. The van der Waals surface area contributed by atoms with Crippen LogP contribution in [0, 0.1) is 0 Å². The Morgan fingerprint density at radius 1 is 1.09 bits per heavy atom. The minimum absolute atomic E-state index is 0.0243. The first kappa shape index (κ1) is 18.6. The molecule has 0 bridgehead atoms. The first-order valence-corrected chi connectivity index (χ1v) is 10.2. The highest BCUT2D eigenvalue weighted by atomic mass is 32.2. The molecule has 0 spiro atoms. The summed E-state index contributed by atoms with van der Waals surface area (Å²) in [6.07, 6.45) is 4.50. The largest absolute Gasteiger partial charge is 0.383 e. The van der Waals surface area contributed by atoms with Gasteiger partial charge in [0.05, 0.1) is 12.9 Å². The van der Waals surface area contributed by atoms with Gasteiger partial charge >= 0.3 is 0 Å². The van der Waals surface area contributed by atoms with Gasteiger partial charge in [-0.05, 0) is 25.8 Å². The van der Waals surface area contributed by atoms with Gasteiger partial charge in [0, 0.05) is 39.8 Å². The summed E-state index contributed by atoms with van der Waals surface area (Å²) in [6.45, 7) is 5.17. The average molecular weight is 347 g/mol. The number of sulfonamides is 1. The monoisotopic (exact) mass is 347 g/mol. The molecule has 1 atom stereocenters. The van der Waals surface area contributed by atoms with Gasteiger partial charge in [0.15, 0.2) is 0 Å². The number of carbonyl (C=O) groups is 1. The third-order valence-electron chi connectivity index (χ3n) is 4.68. The second-order valence-corrected chi connectivity index (χ2v) is 8.33. The normalized spacial score (nSPS) is 25.3. The standard InChI is InChI=1S/C15H29N3O4S/c1-22-13-12-16-7-5-8-17(11-10-16)15(19)14-6-3-4-9-18(14)23(2,20)21/h14H,3-13H2,1-2H3/t14-/m0/s1. The van der Waals surface area contributed by atoms with Crippen LogP contribution in [0.5, 0.6) is 0 Å². The Bertz CT molecular complexity index is 497. The van der Waals surface area contributed by atoms with E-state index in [0.29, 0.717) is 32.7 Å². The van der Waals surface area contributed by atoms with E-state index in [1.807, 2.05) is 4.90 Å². The van der Waals surface area contributed by atoms with Crippen LogP contribution in [0.25, 0.3) is 0 Å². The lowest BCUT2D eigenvalue weighted by molar-refractivity contribution is -0.136. The lowest BCUT2D eigenvalue weighted by Gasteiger charge is -2.35. The molecular weight excluding hydrogens is 318 g/mol. The van der Waals surface area contributed by atoms with Crippen molar-refractivity contribution in [3.8, 4) is 0 Å². The van der Waals surface area contributed by atoms with Crippen molar-refractivity contribution in [2.75, 3.05) is 59.2 Å². The summed E-state index contributed by atoms with van der Waals surface area (Å²) in [6, 6.07) is -0.510. The second kappa shape index (κ2) is 8.41. The van der Waals surface area contributed by atoms with E-state index in [9.17, 15) is 13.2 Å². The molecule has 8 heteroatoms. The Hall–Kier alpha value is -0.700. The van der Waals surface area contributed by atoms with Crippen molar-refractivity contribution < 1.29 is 17.9 Å². The Labute approximate surface area is 139 Å². The molecule has 2 saturated heterocycles. The summed E-state index contributed by atoms with van der Waals surface area (Å²) in [5, 5.41) is 0. The van der Waals surface area contributed by atoms with E-state index in [4.69, 9.17) is 4.74 Å². The van der Waals surface area contributed by atoms with Crippen molar-refractivity contribution in [1.29, 1.82) is 0 Å². The lowest BCUT2D eigenvalue weighted by atomic mass is 10.0. The van der Waals surface area contributed by atoms with Crippen LogP contribution in [0.3, 0.4) is 0 Å². The minimum Gasteiger partial charge on any atom is -0.383 e. The minimum atomic E-state index is -3.33. The van der Waals surface area contributed by atoms with E-state index in [2.05, 4.69) is 4.90 Å². The van der Waals surface area contributed by atoms with Crippen LogP contribution in [0.1, 0.15) is 25.7 Å². The molecule has 2 rings (SSSR count). The van der Waals surface area contributed by atoms with Crippen molar-refractivity contribution in [1.82, 2.24) is 14.1 Å². The molecule has 0 N–H and O–H groups in total. The predicted molar refractivity (Wildman–Crippen MR) is 88.7 cm³/mol. The zero-order valence-corrected chi connectivity index (χ0v) is 15.1. The van der Waals surface area contributed by atoms with Gasteiger partial charge < -0.3 is 9.64 Å². The topological polar surface area (TPSA) is 70.2 Å². The maximum Gasteiger partial charge on any atom is 0.241 e. The summed E-state index contributed by atoms with van der Waals surface area (Å²) in [5.74, 6) is -0.0243. The van der Waals surface area contributed by atoms with Gasteiger partial charge in [-0.1, -0.05) is 6.42 Å². The van der Waals surface area contributed by atoms with Crippen LogP contribution in [-0.2, 0) is 19.6 Å². The lowest BCUT2D eigenvalue weighted by Crippen LogP contribution is -2.53. The Morgan fingerprint density at radius 3 is 2.57 bits per heavy atom. The van der Waals surface area contributed by atoms with Gasteiger partial charge in [0.2, 0.25) is 15.9 Å². The molecule has 0 aromatic heterocycles. The molecular formula is C15H29N3O4S. The Morgan fingerprint density at radius 2 is 1.87 bits per heavy atom. The average Bonchev–Trinajstić information content (AvgIpc) is 2.77. The van der Waals surface area contributed by atoms with Crippen LogP contribution >= 0.6 is 0 Å². The van der Waals surface area contributed by atoms with Crippen molar-refractivity contribution in [3.63, 3.8) is 0 Å². The maximum absolute atomic E-state index is 12.9. The Kier molecular flexibility index (Phi) is 6.82. The van der Waals surface area contributed by atoms with Gasteiger partial charge in [-0.15, -0.1) is 0 Å². The summed E-state index contributed by atoms with van der Waals surface area (Å²) in [7, 11) is -1.64. The molecule has 0 aromatic carbocycles. The number of hydrogen-bond acceptors (Lipinski definition) is 5. The van der Waals surface area contributed by atoms with Crippen LogP contribution < -0.4 is 0 Å². The first-order valence-electron chi connectivity index (χ1n) is 8.40. The van der Waals surface area contributed by atoms with Crippen LogP contribution in [0.4, 0.5) is 0 Å². The number of piperidine rings is 1. The van der Waals surface area contributed by atoms with Crippen molar-refractivity contribution in [3.05, 3.63) is 0 Å². The number of hydrogen-bond donors (Lipinski definition) is 0. The number of methoxy groups -OCH3 is 1. The SMILES string of the molecule is COCCN1CCCN(C(=O)[C@@H]2CCCCN2S(C)(=O)=O)CC1. The van der Waals surface area contributed by atoms with Gasteiger partial charge in [0.1, 0.15) is 6.04 Å². The van der Waals surface area contributed by atoms with E-state index in [-0.39, 0.29) is 5.91 Å². The first-order chi connectivity index (χ1) is 10.9. The fourth-order valence-electron chi connectivity index (χ4n) is 3.39. The molecule has 2 heterocycles. The molecule has 1 amide bonds. The molecule has 2 fully saturated rings. The fourth-order valence-corrected chi connectivity index (χ4v) is 4.51. The van der Waals surface area contributed by atoms with Gasteiger partial charge in [0.25, 0.3) is 0 Å². The molecule has 0 unspecified atom stereocenters. The third kappa shape index (κ3) is 5.14. The van der Waals surface area contributed by atoms with E-state index in [1.54, 1.807) is 7.11 Å². The zero-order chi connectivity index (χ0) is 16.9. The number of nitrogens with zero attached hydrogens (tertiary/aromatic N) is 3. The predicted octanol–water partition coefficient (Wildman–Crippen LogP) is -0.0188. The number of carbonyl (C=O) groups excluding carboxylic acids is 1. The maximum atomic E-state index is 12.9. The quantitative estimate of drug-likeness (QED) is 0.699. The highest BCUT2D eigenvalue weighted by molar-refractivity contribution is 7.88. The number of ether oxygens (including phenoxy) is 1. The molecule has 2 aliphatic rings.